The van der Waals surface area contributed by atoms with Crippen LogP contribution in [0.15, 0.2) is 40.6 Å². The molecular formula is C16H17Cl2N3O. The van der Waals surface area contributed by atoms with Gasteiger partial charge in [-0.05, 0) is 36.8 Å². The molecule has 0 saturated carbocycles. The number of azo groups is 1. The van der Waals surface area contributed by atoms with Crippen LogP contribution in [-0.2, 0) is 0 Å². The number of benzene rings is 2. The normalized spacial score (nSPS) is 11.0. The summed E-state index contributed by atoms with van der Waals surface area (Å²) in [5.74, 6) is 0.738. The van der Waals surface area contributed by atoms with Crippen LogP contribution in [0.1, 0.15) is 5.56 Å². The van der Waals surface area contributed by atoms with Gasteiger partial charge in [0, 0.05) is 25.2 Å². The molecule has 0 aliphatic rings. The highest BCUT2D eigenvalue weighted by molar-refractivity contribution is 6.35. The minimum Gasteiger partial charge on any atom is -0.495 e. The second kappa shape index (κ2) is 6.99. The highest BCUT2D eigenvalue weighted by atomic mass is 35.5. The lowest BCUT2D eigenvalue weighted by atomic mass is 10.1. The van der Waals surface area contributed by atoms with E-state index in [9.17, 15) is 0 Å². The average Bonchev–Trinajstić information content (AvgIpc) is 2.48. The van der Waals surface area contributed by atoms with Crippen LogP contribution in [-0.4, -0.2) is 21.2 Å². The third kappa shape index (κ3) is 3.70. The average molecular weight is 338 g/mol. The number of hydrogen-bond acceptors (Lipinski definition) is 4. The van der Waals surface area contributed by atoms with E-state index in [0.717, 1.165) is 22.7 Å². The van der Waals surface area contributed by atoms with Gasteiger partial charge in [-0.2, -0.15) is 5.11 Å². The van der Waals surface area contributed by atoms with Crippen molar-refractivity contribution in [2.24, 2.45) is 10.2 Å². The summed E-state index contributed by atoms with van der Waals surface area (Å²) >= 11 is 12.0. The molecule has 2 rings (SSSR count). The molecule has 4 nitrogen and oxygen atoms in total. The van der Waals surface area contributed by atoms with Crippen LogP contribution in [0.2, 0.25) is 10.0 Å². The van der Waals surface area contributed by atoms with Crippen molar-refractivity contribution in [3.63, 3.8) is 0 Å². The quantitative estimate of drug-likeness (QED) is 0.662. The molecule has 0 radical (unpaired) electrons. The standard InChI is InChI=1S/C16H17Cl2N3O/c1-10-7-15(21(2)3)16(22-4)9-13(10)19-20-14-8-11(17)5-6-12(14)18/h5-9H,1-4H3. The highest BCUT2D eigenvalue weighted by Crippen LogP contribution is 2.36. The Hall–Kier alpha value is -1.78. The van der Waals surface area contributed by atoms with Gasteiger partial charge in [-0.15, -0.1) is 5.11 Å². The lowest BCUT2D eigenvalue weighted by molar-refractivity contribution is 0.415. The molecule has 22 heavy (non-hydrogen) atoms. The zero-order valence-corrected chi connectivity index (χ0v) is 14.4. The third-order valence-corrected chi connectivity index (χ3v) is 3.71. The summed E-state index contributed by atoms with van der Waals surface area (Å²) in [7, 11) is 5.56. The topological polar surface area (TPSA) is 37.2 Å². The van der Waals surface area contributed by atoms with E-state index < -0.39 is 0 Å². The summed E-state index contributed by atoms with van der Waals surface area (Å²) in [6, 6.07) is 8.94. The Balaban J connectivity index is 2.41. The van der Waals surface area contributed by atoms with Crippen LogP contribution in [0.25, 0.3) is 0 Å². The second-order valence-electron chi connectivity index (χ2n) is 5.00. The summed E-state index contributed by atoms with van der Waals surface area (Å²) < 4.78 is 5.41. The summed E-state index contributed by atoms with van der Waals surface area (Å²) in [5, 5.41) is 9.53. The van der Waals surface area contributed by atoms with E-state index in [4.69, 9.17) is 27.9 Å². The van der Waals surface area contributed by atoms with Gasteiger partial charge in [0.1, 0.15) is 11.4 Å². The Kier molecular flexibility index (Phi) is 5.27. The predicted octanol–water partition coefficient (Wildman–Crippen LogP) is 5.79. The molecule has 0 heterocycles. The summed E-state index contributed by atoms with van der Waals surface area (Å²) in [4.78, 5) is 1.99. The number of aryl methyl sites for hydroxylation is 1. The van der Waals surface area contributed by atoms with Gasteiger partial charge in [0.2, 0.25) is 0 Å². The van der Waals surface area contributed by atoms with Gasteiger partial charge in [0.05, 0.1) is 23.5 Å². The molecule has 0 spiro atoms. The molecule has 2 aromatic rings. The van der Waals surface area contributed by atoms with Gasteiger partial charge in [-0.1, -0.05) is 23.2 Å². The molecule has 0 atom stereocenters. The lowest BCUT2D eigenvalue weighted by Crippen LogP contribution is -2.10. The van der Waals surface area contributed by atoms with Crippen molar-refractivity contribution >= 4 is 40.3 Å². The van der Waals surface area contributed by atoms with Crippen LogP contribution in [0.5, 0.6) is 5.75 Å². The molecule has 0 amide bonds. The molecule has 0 fully saturated rings. The van der Waals surface area contributed by atoms with Crippen molar-refractivity contribution in [3.8, 4) is 5.75 Å². The largest absolute Gasteiger partial charge is 0.495 e. The van der Waals surface area contributed by atoms with Crippen molar-refractivity contribution in [1.82, 2.24) is 0 Å². The first kappa shape index (κ1) is 16.6. The summed E-state index contributed by atoms with van der Waals surface area (Å²) in [6.07, 6.45) is 0. The van der Waals surface area contributed by atoms with E-state index in [1.165, 1.54) is 0 Å². The minimum absolute atomic E-state index is 0.502. The fourth-order valence-corrected chi connectivity index (χ4v) is 2.27. The maximum atomic E-state index is 6.08. The second-order valence-corrected chi connectivity index (χ2v) is 5.84. The number of methoxy groups -OCH3 is 1. The summed E-state index contributed by atoms with van der Waals surface area (Å²) in [5.41, 5.74) is 3.23. The Bertz CT molecular complexity index is 715. The highest BCUT2D eigenvalue weighted by Gasteiger charge is 2.10. The molecule has 116 valence electrons. The van der Waals surface area contributed by atoms with E-state index in [1.807, 2.05) is 38.1 Å². The van der Waals surface area contributed by atoms with Gasteiger partial charge in [0.25, 0.3) is 0 Å². The first-order valence-corrected chi connectivity index (χ1v) is 7.40. The fraction of sp³-hybridized carbons (Fsp3) is 0.250. The number of hydrogen-bond donors (Lipinski definition) is 0. The molecule has 0 saturated heterocycles. The predicted molar refractivity (Wildman–Crippen MR) is 92.7 cm³/mol. The van der Waals surface area contributed by atoms with E-state index >= 15 is 0 Å². The number of ether oxygens (including phenoxy) is 1. The fourth-order valence-electron chi connectivity index (χ4n) is 1.95. The van der Waals surface area contributed by atoms with E-state index in [2.05, 4.69) is 10.2 Å². The monoisotopic (exact) mass is 337 g/mol. The zero-order valence-electron chi connectivity index (χ0n) is 12.9. The van der Waals surface area contributed by atoms with Crippen LogP contribution in [0.4, 0.5) is 17.1 Å². The Labute approximate surface area is 140 Å². The smallest absolute Gasteiger partial charge is 0.144 e. The first-order chi connectivity index (χ1) is 10.4. The maximum Gasteiger partial charge on any atom is 0.144 e. The van der Waals surface area contributed by atoms with Crippen LogP contribution in [0.3, 0.4) is 0 Å². The van der Waals surface area contributed by atoms with Crippen LogP contribution >= 0.6 is 23.2 Å². The third-order valence-electron chi connectivity index (χ3n) is 3.15. The molecule has 0 unspecified atom stereocenters. The van der Waals surface area contributed by atoms with Crippen LogP contribution < -0.4 is 9.64 Å². The van der Waals surface area contributed by atoms with Crippen molar-refractivity contribution in [3.05, 3.63) is 45.9 Å². The zero-order chi connectivity index (χ0) is 16.3. The van der Waals surface area contributed by atoms with Crippen molar-refractivity contribution in [1.29, 1.82) is 0 Å². The van der Waals surface area contributed by atoms with Gasteiger partial charge in [-0.3, -0.25) is 0 Å². The molecule has 2 aromatic carbocycles. The number of anilines is 1. The number of halogens is 2. The number of nitrogens with zero attached hydrogens (tertiary/aromatic N) is 3. The van der Waals surface area contributed by atoms with Gasteiger partial charge >= 0.3 is 0 Å². The number of rotatable bonds is 4. The van der Waals surface area contributed by atoms with Crippen molar-refractivity contribution < 1.29 is 4.74 Å². The maximum absolute atomic E-state index is 6.08. The van der Waals surface area contributed by atoms with Gasteiger partial charge < -0.3 is 9.64 Å². The molecular weight excluding hydrogens is 321 g/mol. The van der Waals surface area contributed by atoms with Crippen LogP contribution in [0, 0.1) is 6.92 Å². The summed E-state index contributed by atoms with van der Waals surface area (Å²) in [6.45, 7) is 1.97. The van der Waals surface area contributed by atoms with Crippen molar-refractivity contribution in [2.45, 2.75) is 6.92 Å². The lowest BCUT2D eigenvalue weighted by Gasteiger charge is -2.17. The molecule has 0 N–H and O–H groups in total. The van der Waals surface area contributed by atoms with Gasteiger partial charge in [0.15, 0.2) is 0 Å². The SMILES string of the molecule is COc1cc(N=Nc2cc(Cl)ccc2Cl)c(C)cc1N(C)C. The molecule has 0 bridgehead atoms. The Morgan fingerprint density at radius 1 is 1.00 bits per heavy atom. The Morgan fingerprint density at radius 3 is 2.32 bits per heavy atom. The van der Waals surface area contributed by atoms with E-state index in [-0.39, 0.29) is 0 Å². The van der Waals surface area contributed by atoms with Gasteiger partial charge in [-0.25, -0.2) is 0 Å². The Morgan fingerprint density at radius 2 is 1.68 bits per heavy atom. The molecule has 0 aromatic heterocycles. The van der Waals surface area contributed by atoms with E-state index in [1.54, 1.807) is 25.3 Å². The molecule has 6 heteroatoms. The molecule has 0 aliphatic heterocycles. The van der Waals surface area contributed by atoms with E-state index in [0.29, 0.717) is 15.7 Å². The molecule has 0 aliphatic carbocycles. The minimum atomic E-state index is 0.502. The van der Waals surface area contributed by atoms with Crippen molar-refractivity contribution in [2.75, 3.05) is 26.1 Å². The first-order valence-electron chi connectivity index (χ1n) is 6.65.